The quantitative estimate of drug-likeness (QED) is 0.497. The first kappa shape index (κ1) is 12.0. The number of rotatable bonds is 2. The van der Waals surface area contributed by atoms with Crippen molar-refractivity contribution in [2.75, 3.05) is 0 Å². The lowest BCUT2D eigenvalue weighted by Crippen LogP contribution is -2.24. The van der Waals surface area contributed by atoms with E-state index in [2.05, 4.69) is 38.7 Å². The molecule has 0 spiro atoms. The third-order valence-corrected chi connectivity index (χ3v) is 1.96. The number of hydrogen-bond donors (Lipinski definition) is 2. The molecule has 0 saturated heterocycles. The van der Waals surface area contributed by atoms with Gasteiger partial charge in [-0.05, 0) is 24.4 Å². The van der Waals surface area contributed by atoms with Crippen LogP contribution in [0.4, 0.5) is 8.78 Å². The molecule has 0 aliphatic heterocycles. The SMILES string of the molecule is NC(=S)NN=Cc1c(F)cc(Br)cc1F. The van der Waals surface area contributed by atoms with Gasteiger partial charge in [0, 0.05) is 4.47 Å². The minimum Gasteiger partial charge on any atom is -0.375 e. The minimum atomic E-state index is -0.727. The Balaban J connectivity index is 2.94. The lowest BCUT2D eigenvalue weighted by Gasteiger charge is -2.00. The van der Waals surface area contributed by atoms with Gasteiger partial charge in [0.1, 0.15) is 11.6 Å². The molecule has 0 saturated carbocycles. The molecule has 0 unspecified atom stereocenters. The highest BCUT2D eigenvalue weighted by molar-refractivity contribution is 9.10. The highest BCUT2D eigenvalue weighted by Crippen LogP contribution is 2.17. The topological polar surface area (TPSA) is 50.4 Å². The first-order chi connectivity index (χ1) is 7.00. The molecule has 0 aromatic heterocycles. The summed E-state index contributed by atoms with van der Waals surface area (Å²) in [5, 5.41) is 3.38. The Kier molecular flexibility index (Phi) is 4.10. The fourth-order valence-electron chi connectivity index (χ4n) is 0.837. The normalized spacial score (nSPS) is 10.6. The highest BCUT2D eigenvalue weighted by atomic mass is 79.9. The van der Waals surface area contributed by atoms with Crippen LogP contribution in [0.1, 0.15) is 5.56 Å². The third kappa shape index (κ3) is 3.52. The number of nitrogens with zero attached hydrogens (tertiary/aromatic N) is 1. The van der Waals surface area contributed by atoms with E-state index in [1.807, 2.05) is 0 Å². The van der Waals surface area contributed by atoms with Crippen LogP contribution >= 0.6 is 28.1 Å². The van der Waals surface area contributed by atoms with Gasteiger partial charge in [0.05, 0.1) is 11.8 Å². The van der Waals surface area contributed by atoms with Gasteiger partial charge < -0.3 is 5.73 Å². The van der Waals surface area contributed by atoms with E-state index < -0.39 is 11.6 Å². The Morgan fingerprint density at radius 3 is 2.47 bits per heavy atom. The maximum absolute atomic E-state index is 13.2. The first-order valence-corrected chi connectivity index (χ1v) is 4.94. The summed E-state index contributed by atoms with van der Waals surface area (Å²) < 4.78 is 26.7. The molecule has 1 aromatic rings. The summed E-state index contributed by atoms with van der Waals surface area (Å²) >= 11 is 7.41. The van der Waals surface area contributed by atoms with E-state index in [1.54, 1.807) is 0 Å². The summed E-state index contributed by atoms with van der Waals surface area (Å²) in [7, 11) is 0. The van der Waals surface area contributed by atoms with E-state index >= 15 is 0 Å². The zero-order chi connectivity index (χ0) is 11.4. The molecule has 0 radical (unpaired) electrons. The van der Waals surface area contributed by atoms with Gasteiger partial charge in [-0.15, -0.1) is 0 Å². The molecular formula is C8H6BrF2N3S. The maximum Gasteiger partial charge on any atom is 0.184 e. The summed E-state index contributed by atoms with van der Waals surface area (Å²) in [6.07, 6.45) is 0.969. The fraction of sp³-hybridized carbons (Fsp3) is 0. The van der Waals surface area contributed by atoms with Crippen molar-refractivity contribution < 1.29 is 8.78 Å². The van der Waals surface area contributed by atoms with Crippen molar-refractivity contribution >= 4 is 39.5 Å². The van der Waals surface area contributed by atoms with Crippen molar-refractivity contribution in [3.05, 3.63) is 33.8 Å². The number of nitrogens with two attached hydrogens (primary N) is 1. The Morgan fingerprint density at radius 1 is 1.47 bits per heavy atom. The molecule has 7 heteroatoms. The number of thiocarbonyl (C=S) groups is 1. The second kappa shape index (κ2) is 5.13. The van der Waals surface area contributed by atoms with E-state index in [9.17, 15) is 8.78 Å². The lowest BCUT2D eigenvalue weighted by atomic mass is 10.2. The van der Waals surface area contributed by atoms with Crippen LogP contribution in [0.2, 0.25) is 0 Å². The zero-order valence-corrected chi connectivity index (χ0v) is 9.70. The minimum absolute atomic E-state index is 0.0795. The van der Waals surface area contributed by atoms with Crippen molar-refractivity contribution in [2.24, 2.45) is 10.8 Å². The molecule has 0 aliphatic rings. The average molecular weight is 294 g/mol. The molecule has 0 atom stereocenters. The van der Waals surface area contributed by atoms with Crippen LogP contribution in [0.3, 0.4) is 0 Å². The molecule has 80 valence electrons. The van der Waals surface area contributed by atoms with Gasteiger partial charge >= 0.3 is 0 Å². The van der Waals surface area contributed by atoms with Crippen LogP contribution in [0.25, 0.3) is 0 Å². The van der Waals surface area contributed by atoms with E-state index in [4.69, 9.17) is 5.73 Å². The monoisotopic (exact) mass is 293 g/mol. The second-order valence-corrected chi connectivity index (χ2v) is 3.87. The van der Waals surface area contributed by atoms with Crippen LogP contribution in [-0.4, -0.2) is 11.3 Å². The average Bonchev–Trinajstić information content (AvgIpc) is 2.08. The van der Waals surface area contributed by atoms with E-state index in [0.29, 0.717) is 4.47 Å². The van der Waals surface area contributed by atoms with Crippen molar-refractivity contribution in [1.82, 2.24) is 5.43 Å². The summed E-state index contributed by atoms with van der Waals surface area (Å²) in [4.78, 5) is 0. The molecule has 3 N–H and O–H groups in total. The Morgan fingerprint density at radius 2 is 2.00 bits per heavy atom. The number of hydrogen-bond acceptors (Lipinski definition) is 2. The van der Waals surface area contributed by atoms with Gasteiger partial charge in [-0.1, -0.05) is 15.9 Å². The third-order valence-electron chi connectivity index (χ3n) is 1.41. The van der Waals surface area contributed by atoms with E-state index in [0.717, 1.165) is 18.3 Å². The Hall–Kier alpha value is -1.08. The zero-order valence-electron chi connectivity index (χ0n) is 7.30. The molecule has 0 heterocycles. The van der Waals surface area contributed by atoms with Crippen molar-refractivity contribution in [3.8, 4) is 0 Å². The standard InChI is InChI=1S/C8H6BrF2N3S/c9-4-1-6(10)5(7(11)2-4)3-13-14-8(12)15/h1-3H,(H3,12,14,15). The summed E-state index contributed by atoms with van der Waals surface area (Å²) in [5.74, 6) is -1.45. The predicted octanol–water partition coefficient (Wildman–Crippen LogP) is 1.89. The fourth-order valence-corrected chi connectivity index (χ4v) is 1.29. The second-order valence-electron chi connectivity index (χ2n) is 2.52. The van der Waals surface area contributed by atoms with Gasteiger partial charge in [0.2, 0.25) is 0 Å². The van der Waals surface area contributed by atoms with Gasteiger partial charge in [0.15, 0.2) is 5.11 Å². The molecule has 0 fully saturated rings. The molecule has 1 rings (SSSR count). The molecule has 0 bridgehead atoms. The van der Waals surface area contributed by atoms with Gasteiger partial charge in [-0.3, -0.25) is 5.43 Å². The van der Waals surface area contributed by atoms with Crippen LogP contribution in [-0.2, 0) is 0 Å². The maximum atomic E-state index is 13.2. The molecule has 1 aromatic carbocycles. The van der Waals surface area contributed by atoms with Crippen molar-refractivity contribution in [1.29, 1.82) is 0 Å². The molecule has 3 nitrogen and oxygen atoms in total. The molecule has 0 amide bonds. The highest BCUT2D eigenvalue weighted by Gasteiger charge is 2.07. The summed E-state index contributed by atoms with van der Waals surface area (Å²) in [5.41, 5.74) is 7.00. The largest absolute Gasteiger partial charge is 0.375 e. The first-order valence-electron chi connectivity index (χ1n) is 3.73. The van der Waals surface area contributed by atoms with Crippen LogP contribution in [0.5, 0.6) is 0 Å². The van der Waals surface area contributed by atoms with E-state index in [1.165, 1.54) is 0 Å². The number of nitrogens with one attached hydrogen (secondary N) is 1. The summed E-state index contributed by atoms with van der Waals surface area (Å²) in [6.45, 7) is 0. The lowest BCUT2D eigenvalue weighted by molar-refractivity contribution is 0.578. The predicted molar refractivity (Wildman–Crippen MR) is 61.6 cm³/mol. The Bertz CT molecular complexity index is 399. The Labute approximate surface area is 98.5 Å². The molecular weight excluding hydrogens is 288 g/mol. The van der Waals surface area contributed by atoms with Crippen LogP contribution in [0, 0.1) is 11.6 Å². The molecule has 0 aliphatic carbocycles. The number of benzene rings is 1. The molecule has 15 heavy (non-hydrogen) atoms. The smallest absolute Gasteiger partial charge is 0.184 e. The van der Waals surface area contributed by atoms with E-state index in [-0.39, 0.29) is 10.7 Å². The summed E-state index contributed by atoms with van der Waals surface area (Å²) in [6, 6.07) is 2.26. The van der Waals surface area contributed by atoms with Gasteiger partial charge in [-0.25, -0.2) is 8.78 Å². The van der Waals surface area contributed by atoms with Crippen LogP contribution in [0.15, 0.2) is 21.7 Å². The van der Waals surface area contributed by atoms with Gasteiger partial charge in [0.25, 0.3) is 0 Å². The van der Waals surface area contributed by atoms with Crippen LogP contribution < -0.4 is 11.2 Å². The van der Waals surface area contributed by atoms with Gasteiger partial charge in [-0.2, -0.15) is 5.10 Å². The number of halogens is 3. The van der Waals surface area contributed by atoms with Crippen molar-refractivity contribution in [2.45, 2.75) is 0 Å². The van der Waals surface area contributed by atoms with Crippen molar-refractivity contribution in [3.63, 3.8) is 0 Å². The number of hydrazone groups is 1.